The molecule has 21 heavy (non-hydrogen) atoms. The largest absolute Gasteiger partial charge is 0.497 e. The maximum Gasteiger partial charge on any atom is 0.137 e. The number of pyridine rings is 1. The summed E-state index contributed by atoms with van der Waals surface area (Å²) in [4.78, 5) is 6.66. The van der Waals surface area contributed by atoms with Crippen LogP contribution in [0.2, 0.25) is 0 Å². The minimum absolute atomic E-state index is 0.263. The van der Waals surface area contributed by atoms with Gasteiger partial charge in [0, 0.05) is 30.5 Å². The molecule has 4 nitrogen and oxygen atoms in total. The molecule has 0 aliphatic rings. The topological polar surface area (TPSA) is 37.4 Å². The number of hydrogen-bond donors (Lipinski definition) is 1. The van der Waals surface area contributed by atoms with Gasteiger partial charge in [0.15, 0.2) is 0 Å². The Kier molecular flexibility index (Phi) is 5.17. The molecule has 1 aromatic carbocycles. The maximum atomic E-state index is 5.20. The van der Waals surface area contributed by atoms with Crippen molar-refractivity contribution in [2.24, 2.45) is 0 Å². The minimum Gasteiger partial charge on any atom is -0.497 e. The van der Waals surface area contributed by atoms with Gasteiger partial charge in [-0.25, -0.2) is 4.98 Å². The highest BCUT2D eigenvalue weighted by molar-refractivity contribution is 5.63. The number of benzene rings is 1. The number of methoxy groups -OCH3 is 1. The van der Waals surface area contributed by atoms with Crippen LogP contribution in [0, 0.1) is 0 Å². The van der Waals surface area contributed by atoms with Crippen molar-refractivity contribution in [1.29, 1.82) is 0 Å². The fourth-order valence-corrected chi connectivity index (χ4v) is 2.37. The fraction of sp³-hybridized carbons (Fsp3) is 0.353. The Morgan fingerprint density at radius 3 is 2.57 bits per heavy atom. The first-order valence-corrected chi connectivity index (χ1v) is 7.23. The van der Waals surface area contributed by atoms with E-state index in [1.165, 1.54) is 5.56 Å². The minimum atomic E-state index is 0.263. The van der Waals surface area contributed by atoms with Crippen LogP contribution in [0.3, 0.4) is 0 Å². The third-order valence-corrected chi connectivity index (χ3v) is 3.57. The van der Waals surface area contributed by atoms with Gasteiger partial charge in [-0.2, -0.15) is 0 Å². The summed E-state index contributed by atoms with van der Waals surface area (Å²) in [6, 6.07) is 12.4. The maximum absolute atomic E-state index is 5.20. The summed E-state index contributed by atoms with van der Waals surface area (Å²) < 4.78 is 5.20. The first kappa shape index (κ1) is 15.3. The van der Waals surface area contributed by atoms with E-state index in [0.29, 0.717) is 0 Å². The lowest BCUT2D eigenvalue weighted by atomic mass is 10.1. The molecule has 4 heteroatoms. The van der Waals surface area contributed by atoms with E-state index in [-0.39, 0.29) is 6.04 Å². The molecular formula is C17H23N3O. The highest BCUT2D eigenvalue weighted by Gasteiger charge is 2.15. The molecular weight excluding hydrogens is 262 g/mol. The van der Waals surface area contributed by atoms with Crippen LogP contribution < -0.4 is 15.0 Å². The molecule has 0 radical (unpaired) electrons. The number of nitrogens with one attached hydrogen (secondary N) is 1. The van der Waals surface area contributed by atoms with Gasteiger partial charge >= 0.3 is 0 Å². The number of rotatable bonds is 6. The van der Waals surface area contributed by atoms with Gasteiger partial charge in [0.1, 0.15) is 11.6 Å². The standard InChI is InChI=1S/C17H23N3O/c1-5-18-13(2)16-7-6-12-19-17(16)20(3)14-8-10-15(21-4)11-9-14/h6-13,18H,5H2,1-4H3. The quantitative estimate of drug-likeness (QED) is 0.881. The van der Waals surface area contributed by atoms with Gasteiger partial charge in [-0.3, -0.25) is 0 Å². The highest BCUT2D eigenvalue weighted by Crippen LogP contribution is 2.29. The molecule has 0 aliphatic heterocycles. The van der Waals surface area contributed by atoms with Crippen molar-refractivity contribution < 1.29 is 4.74 Å². The first-order chi connectivity index (χ1) is 10.2. The summed E-state index contributed by atoms with van der Waals surface area (Å²) in [6.45, 7) is 5.20. The molecule has 1 heterocycles. The van der Waals surface area contributed by atoms with Gasteiger partial charge < -0.3 is 15.0 Å². The molecule has 2 aromatic rings. The van der Waals surface area contributed by atoms with Crippen molar-refractivity contribution in [3.63, 3.8) is 0 Å². The second kappa shape index (κ2) is 7.09. The van der Waals surface area contributed by atoms with Crippen molar-refractivity contribution in [1.82, 2.24) is 10.3 Å². The van der Waals surface area contributed by atoms with E-state index >= 15 is 0 Å². The zero-order valence-electron chi connectivity index (χ0n) is 13.1. The molecule has 0 aliphatic carbocycles. The van der Waals surface area contributed by atoms with Crippen molar-refractivity contribution in [2.45, 2.75) is 19.9 Å². The summed E-state index contributed by atoms with van der Waals surface area (Å²) in [5, 5.41) is 3.44. The van der Waals surface area contributed by atoms with Crippen molar-refractivity contribution >= 4 is 11.5 Å². The molecule has 0 bridgehead atoms. The smallest absolute Gasteiger partial charge is 0.137 e. The van der Waals surface area contributed by atoms with E-state index < -0.39 is 0 Å². The SMILES string of the molecule is CCNC(C)c1cccnc1N(C)c1ccc(OC)cc1. The normalized spacial score (nSPS) is 12.0. The second-order valence-electron chi connectivity index (χ2n) is 4.95. The zero-order valence-corrected chi connectivity index (χ0v) is 13.1. The summed E-state index contributed by atoms with van der Waals surface area (Å²) in [7, 11) is 3.71. The first-order valence-electron chi connectivity index (χ1n) is 7.23. The summed E-state index contributed by atoms with van der Waals surface area (Å²) >= 11 is 0. The predicted molar refractivity (Wildman–Crippen MR) is 87.4 cm³/mol. The molecule has 112 valence electrons. The van der Waals surface area contributed by atoms with Gasteiger partial charge in [-0.05, 0) is 43.8 Å². The second-order valence-corrected chi connectivity index (χ2v) is 4.95. The Morgan fingerprint density at radius 2 is 1.95 bits per heavy atom. The molecule has 1 aromatic heterocycles. The number of hydrogen-bond acceptors (Lipinski definition) is 4. The molecule has 0 saturated carbocycles. The Hall–Kier alpha value is -2.07. The molecule has 1 unspecified atom stereocenters. The van der Waals surface area contributed by atoms with E-state index in [1.54, 1.807) is 7.11 Å². The van der Waals surface area contributed by atoms with Crippen molar-refractivity contribution in [3.05, 3.63) is 48.2 Å². The lowest BCUT2D eigenvalue weighted by Gasteiger charge is -2.24. The van der Waals surface area contributed by atoms with Crippen LogP contribution in [0.5, 0.6) is 5.75 Å². The lowest BCUT2D eigenvalue weighted by molar-refractivity contribution is 0.415. The number of anilines is 2. The van der Waals surface area contributed by atoms with Crippen LogP contribution in [0.1, 0.15) is 25.5 Å². The molecule has 0 saturated heterocycles. The van der Waals surface area contributed by atoms with Crippen LogP contribution in [-0.2, 0) is 0 Å². The van der Waals surface area contributed by atoms with Gasteiger partial charge in [0.05, 0.1) is 7.11 Å². The monoisotopic (exact) mass is 285 g/mol. The molecule has 1 atom stereocenters. The average Bonchev–Trinajstić information content (AvgIpc) is 2.54. The average molecular weight is 285 g/mol. The Morgan fingerprint density at radius 1 is 1.24 bits per heavy atom. The van der Waals surface area contributed by atoms with Crippen LogP contribution >= 0.6 is 0 Å². The van der Waals surface area contributed by atoms with Crippen molar-refractivity contribution in [2.75, 3.05) is 25.6 Å². The third-order valence-electron chi connectivity index (χ3n) is 3.57. The van der Waals surface area contributed by atoms with Crippen LogP contribution in [-0.4, -0.2) is 25.7 Å². The number of ether oxygens (including phenoxy) is 1. The van der Waals surface area contributed by atoms with E-state index in [9.17, 15) is 0 Å². The Bertz CT molecular complexity index is 569. The van der Waals surface area contributed by atoms with E-state index in [2.05, 4.69) is 35.1 Å². The molecule has 0 spiro atoms. The molecule has 0 fully saturated rings. The Labute approximate surface area is 126 Å². The van der Waals surface area contributed by atoms with Crippen LogP contribution in [0.4, 0.5) is 11.5 Å². The zero-order chi connectivity index (χ0) is 15.2. The van der Waals surface area contributed by atoms with E-state index in [0.717, 1.165) is 23.8 Å². The third kappa shape index (κ3) is 3.52. The molecule has 0 amide bonds. The van der Waals surface area contributed by atoms with E-state index in [1.807, 2.05) is 43.6 Å². The predicted octanol–water partition coefficient (Wildman–Crippen LogP) is 3.53. The summed E-state index contributed by atoms with van der Waals surface area (Å²) in [5.74, 6) is 1.82. The molecule has 2 rings (SSSR count). The van der Waals surface area contributed by atoms with Crippen molar-refractivity contribution in [3.8, 4) is 5.75 Å². The van der Waals surface area contributed by atoms with Gasteiger partial charge in [0.25, 0.3) is 0 Å². The molecule has 1 N–H and O–H groups in total. The number of aromatic nitrogens is 1. The lowest BCUT2D eigenvalue weighted by Crippen LogP contribution is -2.22. The van der Waals surface area contributed by atoms with Gasteiger partial charge in [-0.15, -0.1) is 0 Å². The fourth-order valence-electron chi connectivity index (χ4n) is 2.37. The van der Waals surface area contributed by atoms with Gasteiger partial charge in [0.2, 0.25) is 0 Å². The van der Waals surface area contributed by atoms with Crippen LogP contribution in [0.15, 0.2) is 42.6 Å². The van der Waals surface area contributed by atoms with Gasteiger partial charge in [-0.1, -0.05) is 13.0 Å². The summed E-state index contributed by atoms with van der Waals surface area (Å²) in [5.41, 5.74) is 2.28. The highest BCUT2D eigenvalue weighted by atomic mass is 16.5. The summed E-state index contributed by atoms with van der Waals surface area (Å²) in [6.07, 6.45) is 1.83. The van der Waals surface area contributed by atoms with Crippen LogP contribution in [0.25, 0.3) is 0 Å². The Balaban J connectivity index is 2.31. The van der Waals surface area contributed by atoms with E-state index in [4.69, 9.17) is 4.74 Å². The number of nitrogens with zero attached hydrogens (tertiary/aromatic N) is 2.